The molecule has 0 spiro atoms. The first kappa shape index (κ1) is 10.7. The predicted molar refractivity (Wildman–Crippen MR) is 52.7 cm³/mol. The van der Waals surface area contributed by atoms with Crippen LogP contribution in [0.25, 0.3) is 0 Å². The van der Waals surface area contributed by atoms with Crippen molar-refractivity contribution in [3.05, 3.63) is 36.5 Å². The summed E-state index contributed by atoms with van der Waals surface area (Å²) in [6, 6.07) is 2.99. The van der Waals surface area contributed by atoms with Crippen molar-refractivity contribution >= 4 is 5.97 Å². The highest BCUT2D eigenvalue weighted by Crippen LogP contribution is 2.13. The highest BCUT2D eigenvalue weighted by molar-refractivity contribution is 5.87. The first-order valence-corrected chi connectivity index (χ1v) is 4.39. The van der Waals surface area contributed by atoms with E-state index in [0.29, 0.717) is 5.69 Å². The normalized spacial score (nSPS) is 12.4. The number of carboxylic acid groups (broad SMARTS) is 1. The summed E-state index contributed by atoms with van der Waals surface area (Å²) >= 11 is 0. The van der Waals surface area contributed by atoms with Crippen LogP contribution in [0.1, 0.15) is 34.9 Å². The maximum Gasteiger partial charge on any atom is 0.337 e. The minimum atomic E-state index is -0.977. The molecule has 0 aromatic carbocycles. The van der Waals surface area contributed by atoms with Crippen molar-refractivity contribution < 1.29 is 9.90 Å². The van der Waals surface area contributed by atoms with Crippen LogP contribution >= 0.6 is 0 Å². The number of pyridine rings is 1. The van der Waals surface area contributed by atoms with Crippen molar-refractivity contribution in [2.24, 2.45) is 5.73 Å². The quantitative estimate of drug-likeness (QED) is 0.757. The van der Waals surface area contributed by atoms with Crippen LogP contribution in [0.4, 0.5) is 0 Å². The molecule has 3 N–H and O–H groups in total. The molecule has 0 saturated carbocycles. The summed E-state index contributed by atoms with van der Waals surface area (Å²) < 4.78 is 0. The minimum Gasteiger partial charge on any atom is -0.478 e. The van der Waals surface area contributed by atoms with Crippen LogP contribution in [-0.2, 0) is 0 Å². The Kier molecular flexibility index (Phi) is 3.59. The van der Waals surface area contributed by atoms with Gasteiger partial charge in [-0.15, -0.1) is 0 Å². The van der Waals surface area contributed by atoms with Gasteiger partial charge in [-0.2, -0.15) is 0 Å². The Hall–Kier alpha value is -1.42. The van der Waals surface area contributed by atoms with Gasteiger partial charge in [0.15, 0.2) is 0 Å². The van der Waals surface area contributed by atoms with E-state index in [2.05, 4.69) is 11.9 Å². The van der Waals surface area contributed by atoms with Crippen molar-refractivity contribution in [3.8, 4) is 0 Å². The van der Waals surface area contributed by atoms with Gasteiger partial charge in [0.25, 0.3) is 0 Å². The number of carboxylic acids is 1. The van der Waals surface area contributed by atoms with E-state index >= 15 is 0 Å². The molecule has 4 nitrogen and oxygen atoms in total. The summed E-state index contributed by atoms with van der Waals surface area (Å²) in [5.74, 6) is -0.977. The smallest absolute Gasteiger partial charge is 0.337 e. The highest BCUT2D eigenvalue weighted by atomic mass is 16.4. The standard InChI is InChI=1S/C10H13N2O2/c1-2-3-8(11)9-5-4-7(6-12-9)10(13)14/h4-6,8H,1-3,11H2,(H,13,14). The SMILES string of the molecule is [CH2]CCC(N)c1ccc(C(=O)O)cn1. The summed E-state index contributed by atoms with van der Waals surface area (Å²) in [5, 5.41) is 8.64. The third kappa shape index (κ3) is 2.53. The molecule has 0 aliphatic heterocycles. The number of nitrogens with zero attached hydrogens (tertiary/aromatic N) is 1. The van der Waals surface area contributed by atoms with Gasteiger partial charge < -0.3 is 10.8 Å². The van der Waals surface area contributed by atoms with E-state index in [4.69, 9.17) is 10.8 Å². The lowest BCUT2D eigenvalue weighted by atomic mass is 10.1. The zero-order valence-electron chi connectivity index (χ0n) is 7.81. The van der Waals surface area contributed by atoms with Gasteiger partial charge in [0.2, 0.25) is 0 Å². The van der Waals surface area contributed by atoms with Crippen LogP contribution in [0, 0.1) is 6.92 Å². The second-order valence-corrected chi connectivity index (χ2v) is 3.03. The summed E-state index contributed by atoms with van der Waals surface area (Å²) in [4.78, 5) is 14.5. The van der Waals surface area contributed by atoms with Crippen molar-refractivity contribution in [2.45, 2.75) is 18.9 Å². The molecule has 0 amide bonds. The first-order chi connectivity index (χ1) is 6.65. The van der Waals surface area contributed by atoms with Gasteiger partial charge >= 0.3 is 5.97 Å². The second kappa shape index (κ2) is 4.72. The van der Waals surface area contributed by atoms with Crippen LogP contribution < -0.4 is 5.73 Å². The second-order valence-electron chi connectivity index (χ2n) is 3.03. The Morgan fingerprint density at radius 1 is 1.64 bits per heavy atom. The van der Waals surface area contributed by atoms with Crippen LogP contribution in [0.2, 0.25) is 0 Å². The van der Waals surface area contributed by atoms with Crippen LogP contribution in [0.15, 0.2) is 18.3 Å². The molecule has 1 aromatic heterocycles. The van der Waals surface area contributed by atoms with E-state index in [1.807, 2.05) is 0 Å². The fraction of sp³-hybridized carbons (Fsp3) is 0.300. The fourth-order valence-electron chi connectivity index (χ4n) is 1.12. The lowest BCUT2D eigenvalue weighted by molar-refractivity contribution is 0.0696. The zero-order valence-corrected chi connectivity index (χ0v) is 7.81. The Labute approximate surface area is 82.8 Å². The summed E-state index contributed by atoms with van der Waals surface area (Å²) in [6.07, 6.45) is 2.81. The van der Waals surface area contributed by atoms with Crippen LogP contribution in [0.3, 0.4) is 0 Å². The predicted octanol–water partition coefficient (Wildman–Crippen LogP) is 1.39. The molecule has 0 aliphatic rings. The molecular formula is C10H13N2O2. The van der Waals surface area contributed by atoms with Gasteiger partial charge in [-0.1, -0.05) is 13.3 Å². The molecule has 1 heterocycles. The topological polar surface area (TPSA) is 76.2 Å². The van der Waals surface area contributed by atoms with Gasteiger partial charge in [-0.3, -0.25) is 4.98 Å². The average molecular weight is 193 g/mol. The average Bonchev–Trinajstić information content (AvgIpc) is 2.18. The number of hydrogen-bond acceptors (Lipinski definition) is 3. The zero-order chi connectivity index (χ0) is 10.6. The number of carbonyl (C=O) groups is 1. The Balaban J connectivity index is 2.77. The largest absolute Gasteiger partial charge is 0.478 e. The van der Waals surface area contributed by atoms with Crippen molar-refractivity contribution in [3.63, 3.8) is 0 Å². The number of aromatic carboxylic acids is 1. The van der Waals surface area contributed by atoms with Crippen molar-refractivity contribution in [2.75, 3.05) is 0 Å². The molecule has 0 fully saturated rings. The van der Waals surface area contributed by atoms with Gasteiger partial charge in [-0.25, -0.2) is 4.79 Å². The van der Waals surface area contributed by atoms with Crippen molar-refractivity contribution in [1.82, 2.24) is 4.98 Å². The molecule has 4 heteroatoms. The first-order valence-electron chi connectivity index (χ1n) is 4.39. The van der Waals surface area contributed by atoms with E-state index in [1.165, 1.54) is 12.3 Å². The third-order valence-corrected chi connectivity index (χ3v) is 1.93. The number of rotatable bonds is 4. The van der Waals surface area contributed by atoms with Gasteiger partial charge in [0.05, 0.1) is 11.3 Å². The Bertz CT molecular complexity index is 308. The molecule has 1 atom stereocenters. The highest BCUT2D eigenvalue weighted by Gasteiger charge is 2.08. The summed E-state index contributed by atoms with van der Waals surface area (Å²) in [5.41, 5.74) is 6.67. The maximum absolute atomic E-state index is 10.5. The van der Waals surface area contributed by atoms with E-state index in [-0.39, 0.29) is 11.6 Å². The van der Waals surface area contributed by atoms with E-state index < -0.39 is 5.97 Å². The lowest BCUT2D eigenvalue weighted by Gasteiger charge is -2.08. The van der Waals surface area contributed by atoms with Gasteiger partial charge in [-0.05, 0) is 18.6 Å². The number of hydrogen-bond donors (Lipinski definition) is 2. The number of aromatic nitrogens is 1. The Morgan fingerprint density at radius 3 is 2.79 bits per heavy atom. The molecule has 1 rings (SSSR count). The maximum atomic E-state index is 10.5. The number of nitrogens with two attached hydrogens (primary N) is 1. The molecule has 0 bridgehead atoms. The molecule has 1 radical (unpaired) electrons. The van der Waals surface area contributed by atoms with E-state index in [9.17, 15) is 4.79 Å². The molecule has 75 valence electrons. The molecule has 0 aliphatic carbocycles. The van der Waals surface area contributed by atoms with Gasteiger partial charge in [0, 0.05) is 12.2 Å². The molecule has 14 heavy (non-hydrogen) atoms. The van der Waals surface area contributed by atoms with E-state index in [0.717, 1.165) is 12.8 Å². The van der Waals surface area contributed by atoms with Crippen LogP contribution in [-0.4, -0.2) is 16.1 Å². The van der Waals surface area contributed by atoms with Gasteiger partial charge in [0.1, 0.15) is 0 Å². The third-order valence-electron chi connectivity index (χ3n) is 1.93. The van der Waals surface area contributed by atoms with Crippen molar-refractivity contribution in [1.29, 1.82) is 0 Å². The fourth-order valence-corrected chi connectivity index (χ4v) is 1.12. The summed E-state index contributed by atoms with van der Waals surface area (Å²) in [7, 11) is 0. The molecule has 1 unspecified atom stereocenters. The summed E-state index contributed by atoms with van der Waals surface area (Å²) in [6.45, 7) is 3.70. The monoisotopic (exact) mass is 193 g/mol. The lowest BCUT2D eigenvalue weighted by Crippen LogP contribution is -2.12. The van der Waals surface area contributed by atoms with E-state index in [1.54, 1.807) is 6.07 Å². The van der Waals surface area contributed by atoms with Crippen LogP contribution in [0.5, 0.6) is 0 Å². The molecule has 1 aromatic rings. The molecular weight excluding hydrogens is 180 g/mol. The Morgan fingerprint density at radius 2 is 2.36 bits per heavy atom. The minimum absolute atomic E-state index is 0.157. The molecule has 0 saturated heterocycles.